The van der Waals surface area contributed by atoms with Gasteiger partial charge >= 0.3 is 0 Å². The summed E-state index contributed by atoms with van der Waals surface area (Å²) in [6, 6.07) is 9.01. The van der Waals surface area contributed by atoms with Crippen molar-refractivity contribution in [3.63, 3.8) is 0 Å². The molecule has 0 aliphatic carbocycles. The Balaban J connectivity index is 1.48. The van der Waals surface area contributed by atoms with Gasteiger partial charge in [0.25, 0.3) is 0 Å². The molecule has 3 rings (SSSR count). The second-order valence-corrected chi connectivity index (χ2v) is 6.81. The van der Waals surface area contributed by atoms with Crippen LogP contribution in [0, 0.1) is 5.92 Å². The van der Waals surface area contributed by atoms with Crippen LogP contribution in [0.15, 0.2) is 36.8 Å². The maximum atomic E-state index is 12.2. The molecular formula is C20H27FN2O. The van der Waals surface area contributed by atoms with Gasteiger partial charge in [-0.2, -0.15) is 0 Å². The van der Waals surface area contributed by atoms with Crippen LogP contribution in [0.5, 0.6) is 0 Å². The van der Waals surface area contributed by atoms with Gasteiger partial charge < -0.3 is 9.67 Å². The molecule has 24 heavy (non-hydrogen) atoms. The van der Waals surface area contributed by atoms with Crippen molar-refractivity contribution in [3.8, 4) is 11.3 Å². The molecule has 0 bridgehead atoms. The number of fused-ring (bicyclic) bond motifs is 3. The Morgan fingerprint density at radius 3 is 2.79 bits per heavy atom. The van der Waals surface area contributed by atoms with E-state index in [0.29, 0.717) is 12.5 Å². The number of halogens is 1. The average molecular weight is 330 g/mol. The molecule has 0 spiro atoms. The van der Waals surface area contributed by atoms with Gasteiger partial charge in [-0.3, -0.25) is 4.39 Å². The van der Waals surface area contributed by atoms with E-state index in [1.165, 1.54) is 16.8 Å². The first-order valence-electron chi connectivity index (χ1n) is 9.13. The summed E-state index contributed by atoms with van der Waals surface area (Å²) < 4.78 is 14.5. The maximum absolute atomic E-state index is 12.2. The zero-order chi connectivity index (χ0) is 16.8. The Hall–Kier alpha value is -1.68. The zero-order valence-corrected chi connectivity index (χ0v) is 14.2. The van der Waals surface area contributed by atoms with Gasteiger partial charge in [0.15, 0.2) is 0 Å². The third-order valence-electron chi connectivity index (χ3n) is 5.19. The number of hydrogen-bond acceptors (Lipinski definition) is 2. The van der Waals surface area contributed by atoms with E-state index in [9.17, 15) is 9.50 Å². The van der Waals surface area contributed by atoms with E-state index >= 15 is 0 Å². The molecule has 1 aromatic carbocycles. The first-order valence-corrected chi connectivity index (χ1v) is 9.13. The molecule has 2 aromatic rings. The van der Waals surface area contributed by atoms with E-state index in [4.69, 9.17) is 0 Å². The predicted octanol–water partition coefficient (Wildman–Crippen LogP) is 4.76. The molecule has 0 saturated carbocycles. The molecule has 0 amide bonds. The minimum atomic E-state index is -0.273. The summed E-state index contributed by atoms with van der Waals surface area (Å²) in [4.78, 5) is 4.30. The molecule has 0 radical (unpaired) electrons. The van der Waals surface area contributed by atoms with Gasteiger partial charge in [0.1, 0.15) is 0 Å². The van der Waals surface area contributed by atoms with Gasteiger partial charge in [0.05, 0.1) is 30.9 Å². The van der Waals surface area contributed by atoms with E-state index < -0.39 is 0 Å². The number of alkyl halides is 1. The van der Waals surface area contributed by atoms with Gasteiger partial charge in [0, 0.05) is 12.2 Å². The number of imidazole rings is 1. The van der Waals surface area contributed by atoms with Gasteiger partial charge in [-0.25, -0.2) is 4.98 Å². The van der Waals surface area contributed by atoms with Crippen LogP contribution in [-0.4, -0.2) is 27.9 Å². The second kappa shape index (κ2) is 8.43. The second-order valence-electron chi connectivity index (χ2n) is 6.81. The van der Waals surface area contributed by atoms with Crippen molar-refractivity contribution in [2.45, 2.75) is 51.0 Å². The highest BCUT2D eigenvalue weighted by atomic mass is 19.1. The number of hydrogen-bond donors (Lipinski definition) is 1. The van der Waals surface area contributed by atoms with Crippen molar-refractivity contribution in [1.29, 1.82) is 0 Å². The van der Waals surface area contributed by atoms with Crippen LogP contribution in [0.25, 0.3) is 11.3 Å². The minimum absolute atomic E-state index is 0.189. The van der Waals surface area contributed by atoms with Crippen LogP contribution < -0.4 is 0 Å². The van der Waals surface area contributed by atoms with Crippen molar-refractivity contribution in [1.82, 2.24) is 9.55 Å². The number of aromatic nitrogens is 2. The highest BCUT2D eigenvalue weighted by Gasteiger charge is 2.27. The first kappa shape index (κ1) is 17.2. The fourth-order valence-corrected chi connectivity index (χ4v) is 3.87. The Labute approximate surface area is 143 Å². The molecule has 0 saturated heterocycles. The predicted molar refractivity (Wildman–Crippen MR) is 94.7 cm³/mol. The summed E-state index contributed by atoms with van der Waals surface area (Å²) in [5.74, 6) is 0.271. The van der Waals surface area contributed by atoms with Crippen molar-refractivity contribution in [2.75, 3.05) is 13.3 Å². The van der Waals surface area contributed by atoms with E-state index in [-0.39, 0.29) is 19.2 Å². The minimum Gasteiger partial charge on any atom is -0.396 e. The molecule has 130 valence electrons. The van der Waals surface area contributed by atoms with E-state index in [1.54, 1.807) is 0 Å². The fourth-order valence-electron chi connectivity index (χ4n) is 3.87. The quantitative estimate of drug-likeness (QED) is 0.638. The molecule has 1 aromatic heterocycles. The van der Waals surface area contributed by atoms with Crippen LogP contribution in [0.3, 0.4) is 0 Å². The van der Waals surface area contributed by atoms with E-state index in [2.05, 4.69) is 33.8 Å². The lowest BCUT2D eigenvalue weighted by Crippen LogP contribution is -2.07. The van der Waals surface area contributed by atoms with Crippen molar-refractivity contribution >= 4 is 0 Å². The third kappa shape index (κ3) is 3.69. The summed E-state index contributed by atoms with van der Waals surface area (Å²) in [7, 11) is 0. The molecular weight excluding hydrogens is 303 g/mol. The van der Waals surface area contributed by atoms with Gasteiger partial charge in [0.2, 0.25) is 0 Å². The van der Waals surface area contributed by atoms with Crippen molar-refractivity contribution in [2.24, 2.45) is 5.92 Å². The number of rotatable bonds is 10. The summed E-state index contributed by atoms with van der Waals surface area (Å²) >= 11 is 0. The first-order chi connectivity index (χ1) is 11.8. The number of aliphatic hydroxyl groups is 1. The van der Waals surface area contributed by atoms with Gasteiger partial charge in [-0.1, -0.05) is 43.5 Å². The molecule has 1 aliphatic heterocycles. The Morgan fingerprint density at radius 2 is 1.96 bits per heavy atom. The summed E-state index contributed by atoms with van der Waals surface area (Å²) in [5.41, 5.74) is 3.94. The molecule has 2 heterocycles. The maximum Gasteiger partial charge on any atom is 0.0956 e. The number of unbranched alkanes of at least 4 members (excludes halogenated alkanes) is 2. The average Bonchev–Trinajstić information content (AvgIpc) is 3.19. The Morgan fingerprint density at radius 1 is 1.12 bits per heavy atom. The number of nitrogens with zero attached hydrogens (tertiary/aromatic N) is 2. The van der Waals surface area contributed by atoms with E-state index in [0.717, 1.165) is 38.5 Å². The molecule has 1 aliphatic rings. The molecule has 3 nitrogen and oxygen atoms in total. The zero-order valence-electron chi connectivity index (χ0n) is 14.2. The van der Waals surface area contributed by atoms with Crippen LogP contribution in [0.2, 0.25) is 0 Å². The van der Waals surface area contributed by atoms with Gasteiger partial charge in [-0.05, 0) is 37.2 Å². The number of benzene rings is 1. The smallest absolute Gasteiger partial charge is 0.0956 e. The molecule has 0 fully saturated rings. The topological polar surface area (TPSA) is 38.1 Å². The molecule has 2 unspecified atom stereocenters. The SMILES string of the molecule is OCC(CCCF)CCCCCC1c2ccccc2-c2cncn21. The Kier molecular flexibility index (Phi) is 6.02. The highest BCUT2D eigenvalue weighted by molar-refractivity contribution is 5.68. The van der Waals surface area contributed by atoms with E-state index in [1.807, 2.05) is 12.5 Å². The summed E-state index contributed by atoms with van der Waals surface area (Å²) in [6.07, 6.45) is 10.8. The van der Waals surface area contributed by atoms with Crippen LogP contribution in [0.1, 0.15) is 56.6 Å². The highest BCUT2D eigenvalue weighted by Crippen LogP contribution is 2.41. The molecule has 1 N–H and O–H groups in total. The largest absolute Gasteiger partial charge is 0.396 e. The van der Waals surface area contributed by atoms with Crippen molar-refractivity contribution < 1.29 is 9.50 Å². The molecule has 4 heteroatoms. The normalized spacial score (nSPS) is 16.8. The number of aliphatic hydroxyl groups excluding tert-OH is 1. The van der Waals surface area contributed by atoms with Crippen LogP contribution >= 0.6 is 0 Å². The third-order valence-corrected chi connectivity index (χ3v) is 5.19. The fraction of sp³-hybridized carbons (Fsp3) is 0.550. The Bertz CT molecular complexity index is 640. The van der Waals surface area contributed by atoms with Crippen molar-refractivity contribution in [3.05, 3.63) is 42.4 Å². The lowest BCUT2D eigenvalue weighted by molar-refractivity contribution is 0.202. The van der Waals surface area contributed by atoms with Crippen LogP contribution in [-0.2, 0) is 0 Å². The standard InChI is InChI=1S/C20H27FN2O/c21-12-6-8-16(14-24)7-2-1-3-11-19-17-9-4-5-10-18(17)20-13-22-15-23(19)20/h4-5,9-10,13,15-16,19,24H,1-3,6-8,11-12,14H2. The monoisotopic (exact) mass is 330 g/mol. The van der Waals surface area contributed by atoms with Gasteiger partial charge in [-0.15, -0.1) is 0 Å². The van der Waals surface area contributed by atoms with Crippen LogP contribution in [0.4, 0.5) is 4.39 Å². The summed E-state index contributed by atoms with van der Waals surface area (Å²) in [5, 5.41) is 9.34. The summed E-state index contributed by atoms with van der Waals surface area (Å²) in [6.45, 7) is -0.0841. The lowest BCUT2D eigenvalue weighted by Gasteiger charge is -2.16. The molecule has 2 atom stereocenters. The lowest BCUT2D eigenvalue weighted by atomic mass is 9.95.